The van der Waals surface area contributed by atoms with E-state index in [1.807, 2.05) is 6.07 Å². The Morgan fingerprint density at radius 1 is 0.946 bits per heavy atom. The van der Waals surface area contributed by atoms with Crippen LogP contribution in [0.1, 0.15) is 54.2 Å². The number of nitrogens with zero attached hydrogens (tertiary/aromatic N) is 1. The molecule has 3 heterocycles. The number of aromatic hydroxyl groups is 1. The van der Waals surface area contributed by atoms with Gasteiger partial charge < -0.3 is 33.7 Å². The molecule has 6 rings (SSSR count). The second-order valence-corrected chi connectivity index (χ2v) is 10.2. The number of piperidine rings is 1. The van der Waals surface area contributed by atoms with E-state index in [9.17, 15) is 9.90 Å². The Balaban J connectivity index is 0.00000280. The van der Waals surface area contributed by atoms with Gasteiger partial charge in [-0.25, -0.2) is 0 Å². The number of fused-ring (bicyclic) bond motifs is 3. The van der Waals surface area contributed by atoms with Crippen LogP contribution < -0.4 is 18.9 Å². The number of hydrogen-bond donors (Lipinski definition) is 1. The molecule has 0 bridgehead atoms. The van der Waals surface area contributed by atoms with Gasteiger partial charge in [0.1, 0.15) is 0 Å². The number of benzene rings is 2. The molecule has 0 amide bonds. The molecular formula is C28H34ClNO7. The summed E-state index contributed by atoms with van der Waals surface area (Å²) in [6.45, 7) is 3.88. The number of ether oxygens (including phenoxy) is 5. The Bertz CT molecular complexity index is 1140. The number of halogens is 1. The number of cyclic esters (lactones) is 1. The summed E-state index contributed by atoms with van der Waals surface area (Å²) in [6.07, 6.45) is 4.76. The highest BCUT2D eigenvalue weighted by Gasteiger charge is 2.52. The standard InChI is InChI=1S/C28H33NO7.ClH/c1-32-23-10-16(11-24(33-2)27(23)30)25-19-13-22-21(35-15-36-22)12-18(19)17(20-14-34-28(31)26(20)25)6-9-29-7-4-3-5-8-29;/h10-13,17,20,25-26,30H,3-9,14-15H2,1-2H3;1H/t17-,20?,25-,26+;/m1./s1. The van der Waals surface area contributed by atoms with Crippen molar-refractivity contribution in [1.82, 2.24) is 4.90 Å². The third-order valence-corrected chi connectivity index (χ3v) is 8.41. The molecule has 2 aromatic carbocycles. The predicted molar refractivity (Wildman–Crippen MR) is 138 cm³/mol. The lowest BCUT2D eigenvalue weighted by Crippen LogP contribution is -2.37. The van der Waals surface area contributed by atoms with E-state index in [0.717, 1.165) is 42.9 Å². The van der Waals surface area contributed by atoms with Crippen LogP contribution >= 0.6 is 12.4 Å². The van der Waals surface area contributed by atoms with E-state index in [2.05, 4.69) is 11.0 Å². The molecule has 0 saturated carbocycles. The molecule has 1 N–H and O–H groups in total. The van der Waals surface area contributed by atoms with Gasteiger partial charge >= 0.3 is 5.97 Å². The maximum Gasteiger partial charge on any atom is 0.310 e. The predicted octanol–water partition coefficient (Wildman–Crippen LogP) is 4.45. The van der Waals surface area contributed by atoms with Gasteiger partial charge in [-0.15, -0.1) is 12.4 Å². The summed E-state index contributed by atoms with van der Waals surface area (Å²) >= 11 is 0. The molecule has 0 radical (unpaired) electrons. The van der Waals surface area contributed by atoms with Crippen molar-refractivity contribution in [2.45, 2.75) is 37.5 Å². The third-order valence-electron chi connectivity index (χ3n) is 8.41. The second kappa shape index (κ2) is 10.5. The lowest BCUT2D eigenvalue weighted by Gasteiger charge is -2.40. The minimum Gasteiger partial charge on any atom is -0.502 e. The molecule has 0 aromatic heterocycles. The van der Waals surface area contributed by atoms with Gasteiger partial charge in [0.15, 0.2) is 23.0 Å². The van der Waals surface area contributed by atoms with Gasteiger partial charge in [0.25, 0.3) is 0 Å². The Kier molecular flexibility index (Phi) is 7.32. The second-order valence-electron chi connectivity index (χ2n) is 10.2. The van der Waals surface area contributed by atoms with Crippen molar-refractivity contribution in [2.24, 2.45) is 11.8 Å². The van der Waals surface area contributed by atoms with Crippen molar-refractivity contribution in [1.29, 1.82) is 0 Å². The van der Waals surface area contributed by atoms with Crippen LogP contribution in [0.25, 0.3) is 0 Å². The zero-order valence-corrected chi connectivity index (χ0v) is 22.1. The van der Waals surface area contributed by atoms with Crippen molar-refractivity contribution in [3.63, 3.8) is 0 Å². The lowest BCUT2D eigenvalue weighted by molar-refractivity contribution is -0.141. The van der Waals surface area contributed by atoms with E-state index >= 15 is 0 Å². The Morgan fingerprint density at radius 2 is 1.59 bits per heavy atom. The van der Waals surface area contributed by atoms with Gasteiger partial charge in [-0.3, -0.25) is 4.79 Å². The monoisotopic (exact) mass is 531 g/mol. The molecule has 37 heavy (non-hydrogen) atoms. The number of likely N-dealkylation sites (tertiary alicyclic amines) is 1. The molecule has 3 aliphatic heterocycles. The molecule has 4 atom stereocenters. The van der Waals surface area contributed by atoms with Crippen molar-refractivity contribution < 1.29 is 33.6 Å². The van der Waals surface area contributed by atoms with Crippen LogP contribution in [-0.4, -0.2) is 63.2 Å². The van der Waals surface area contributed by atoms with E-state index in [4.69, 9.17) is 23.7 Å². The first-order valence-electron chi connectivity index (χ1n) is 12.9. The van der Waals surface area contributed by atoms with Crippen LogP contribution in [0.3, 0.4) is 0 Å². The average molecular weight is 532 g/mol. The molecule has 1 aliphatic carbocycles. The molecule has 1 unspecified atom stereocenters. The normalized spacial score (nSPS) is 26.1. The summed E-state index contributed by atoms with van der Waals surface area (Å²) in [6, 6.07) is 7.74. The fourth-order valence-electron chi connectivity index (χ4n) is 6.65. The zero-order valence-electron chi connectivity index (χ0n) is 21.2. The van der Waals surface area contributed by atoms with Crippen LogP contribution in [0.15, 0.2) is 24.3 Å². The van der Waals surface area contributed by atoms with Crippen LogP contribution in [0, 0.1) is 11.8 Å². The summed E-state index contributed by atoms with van der Waals surface area (Å²) in [5.41, 5.74) is 3.06. The van der Waals surface area contributed by atoms with Gasteiger partial charge in [-0.05, 0) is 85.8 Å². The lowest BCUT2D eigenvalue weighted by atomic mass is 9.62. The van der Waals surface area contributed by atoms with Crippen molar-refractivity contribution in [3.8, 4) is 28.7 Å². The summed E-state index contributed by atoms with van der Waals surface area (Å²) in [4.78, 5) is 15.8. The van der Waals surface area contributed by atoms with Crippen molar-refractivity contribution >= 4 is 18.4 Å². The molecule has 9 heteroatoms. The maximum absolute atomic E-state index is 13.3. The number of carbonyl (C=O) groups is 1. The van der Waals surface area contributed by atoms with Gasteiger partial charge in [0.2, 0.25) is 12.5 Å². The Hall–Kier alpha value is -2.84. The number of carbonyl (C=O) groups excluding carboxylic acids is 1. The topological polar surface area (TPSA) is 86.7 Å². The van der Waals surface area contributed by atoms with Crippen LogP contribution in [0.5, 0.6) is 28.7 Å². The van der Waals surface area contributed by atoms with E-state index in [1.54, 1.807) is 12.1 Å². The number of methoxy groups -OCH3 is 2. The molecule has 2 aromatic rings. The number of phenols is 1. The van der Waals surface area contributed by atoms with Crippen molar-refractivity contribution in [3.05, 3.63) is 41.0 Å². The number of esters is 1. The summed E-state index contributed by atoms with van der Waals surface area (Å²) < 4.78 is 28.1. The first-order chi connectivity index (χ1) is 17.6. The molecule has 0 spiro atoms. The highest BCUT2D eigenvalue weighted by atomic mass is 35.5. The van der Waals surface area contributed by atoms with Gasteiger partial charge in [-0.1, -0.05) is 6.42 Å². The fourth-order valence-corrected chi connectivity index (χ4v) is 6.65. The van der Waals surface area contributed by atoms with Crippen LogP contribution in [0.2, 0.25) is 0 Å². The van der Waals surface area contributed by atoms with E-state index in [-0.39, 0.29) is 54.6 Å². The Labute approximate surface area is 223 Å². The molecular weight excluding hydrogens is 498 g/mol. The van der Waals surface area contributed by atoms with Crippen LogP contribution in [-0.2, 0) is 9.53 Å². The summed E-state index contributed by atoms with van der Waals surface area (Å²) in [5, 5.41) is 10.5. The summed E-state index contributed by atoms with van der Waals surface area (Å²) in [7, 11) is 3.02. The molecule has 4 aliphatic rings. The largest absolute Gasteiger partial charge is 0.502 e. The molecule has 8 nitrogen and oxygen atoms in total. The molecule has 2 saturated heterocycles. The van der Waals surface area contributed by atoms with Gasteiger partial charge in [0.05, 0.1) is 26.7 Å². The van der Waals surface area contributed by atoms with Gasteiger partial charge in [-0.2, -0.15) is 0 Å². The minimum atomic E-state index is -0.344. The molecule has 200 valence electrons. The number of hydrogen-bond acceptors (Lipinski definition) is 8. The van der Waals surface area contributed by atoms with Gasteiger partial charge in [0, 0.05) is 11.8 Å². The molecule has 2 fully saturated rings. The first-order valence-corrected chi connectivity index (χ1v) is 12.9. The average Bonchev–Trinajstić information content (AvgIpc) is 3.52. The highest BCUT2D eigenvalue weighted by molar-refractivity contribution is 5.85. The smallest absolute Gasteiger partial charge is 0.310 e. The zero-order chi connectivity index (χ0) is 24.8. The maximum atomic E-state index is 13.3. The van der Waals surface area contributed by atoms with Crippen LogP contribution in [0.4, 0.5) is 0 Å². The highest BCUT2D eigenvalue weighted by Crippen LogP contribution is 2.57. The number of rotatable bonds is 6. The van der Waals surface area contributed by atoms with E-state index in [1.165, 1.54) is 39.0 Å². The summed E-state index contributed by atoms with van der Waals surface area (Å²) in [5.74, 6) is 1.40. The minimum absolute atomic E-state index is 0. The number of phenolic OH excluding ortho intramolecular Hbond substituents is 1. The third kappa shape index (κ3) is 4.44. The first kappa shape index (κ1) is 25.8. The van der Waals surface area contributed by atoms with E-state index in [0.29, 0.717) is 23.9 Å². The fraction of sp³-hybridized carbons (Fsp3) is 0.536. The quantitative estimate of drug-likeness (QED) is 0.547. The van der Waals surface area contributed by atoms with E-state index < -0.39 is 0 Å². The Morgan fingerprint density at radius 3 is 2.24 bits per heavy atom. The van der Waals surface area contributed by atoms with Crippen molar-refractivity contribution in [2.75, 3.05) is 47.3 Å². The SMILES string of the molecule is COc1cc([C@@H]2c3cc4c(cc3[C@@H](CCN3CCCCC3)C3COC(=O)[C@@H]32)OCO4)cc(OC)c1O.Cl.